The summed E-state index contributed by atoms with van der Waals surface area (Å²) in [5, 5.41) is 13.1. The Morgan fingerprint density at radius 3 is 2.83 bits per heavy atom. The predicted molar refractivity (Wildman–Crippen MR) is 112 cm³/mol. The van der Waals surface area contributed by atoms with Gasteiger partial charge in [0.2, 0.25) is 11.8 Å². The average Bonchev–Trinajstić information content (AvgIpc) is 3.51. The highest BCUT2D eigenvalue weighted by Crippen LogP contribution is 2.31. The Balaban J connectivity index is 1.26. The van der Waals surface area contributed by atoms with E-state index in [-0.39, 0.29) is 49.4 Å². The molecule has 0 bridgehead atoms. The van der Waals surface area contributed by atoms with Gasteiger partial charge in [-0.15, -0.1) is 21.5 Å². The van der Waals surface area contributed by atoms with Crippen molar-refractivity contribution in [1.82, 2.24) is 24.8 Å². The molecule has 2 amide bonds. The summed E-state index contributed by atoms with van der Waals surface area (Å²) in [5.74, 6) is 0.513. The van der Waals surface area contributed by atoms with Gasteiger partial charge in [0.05, 0.1) is 10.9 Å². The van der Waals surface area contributed by atoms with Crippen LogP contribution in [0.5, 0.6) is 0 Å². The molecule has 0 saturated carbocycles. The fourth-order valence-corrected chi connectivity index (χ4v) is 4.44. The van der Waals surface area contributed by atoms with Gasteiger partial charge in [-0.05, 0) is 36.4 Å². The topological polar surface area (TPSA) is 96.7 Å². The largest absolute Gasteiger partial charge is 0.356 e. The van der Waals surface area contributed by atoms with Gasteiger partial charge in [0.25, 0.3) is 0 Å². The second kappa shape index (κ2) is 9.17. The minimum Gasteiger partial charge on any atom is -0.356 e. The number of fused-ring (bicyclic) bond motifs is 1. The van der Waals surface area contributed by atoms with Gasteiger partial charge in [0, 0.05) is 38.5 Å². The molecule has 0 spiro atoms. The van der Waals surface area contributed by atoms with Crippen molar-refractivity contribution in [3.8, 4) is 0 Å². The van der Waals surface area contributed by atoms with E-state index in [0.717, 1.165) is 24.3 Å². The standard InChI is InChI=1S/C21H23N5O3S/c27-16(17-6-4-14-30-17)8-9-19(28)22-11-10-20(29)25-13-3-5-15(25)21-24-23-18-7-1-2-12-26(18)21/h1-2,4,6-7,12,14-15H,3,5,8-11,13H2,(H,22,28). The first-order valence-electron chi connectivity index (χ1n) is 10.1. The lowest BCUT2D eigenvalue weighted by atomic mass is 10.2. The van der Waals surface area contributed by atoms with Crippen LogP contribution in [-0.2, 0) is 9.59 Å². The van der Waals surface area contributed by atoms with Crippen molar-refractivity contribution < 1.29 is 14.4 Å². The van der Waals surface area contributed by atoms with Crippen LogP contribution in [0.25, 0.3) is 5.65 Å². The fraction of sp³-hybridized carbons (Fsp3) is 0.381. The van der Waals surface area contributed by atoms with Gasteiger partial charge in [0.1, 0.15) is 0 Å². The number of Topliss-reactive ketones (excluding diaryl/α,β-unsaturated/α-hetero) is 1. The molecule has 1 saturated heterocycles. The Morgan fingerprint density at radius 1 is 1.10 bits per heavy atom. The summed E-state index contributed by atoms with van der Waals surface area (Å²) in [6.07, 6.45) is 4.19. The molecule has 0 radical (unpaired) electrons. The van der Waals surface area contributed by atoms with E-state index >= 15 is 0 Å². The highest BCUT2D eigenvalue weighted by atomic mass is 32.1. The molecule has 1 unspecified atom stereocenters. The van der Waals surface area contributed by atoms with Crippen LogP contribution in [0.15, 0.2) is 41.9 Å². The van der Waals surface area contributed by atoms with Crippen molar-refractivity contribution in [2.24, 2.45) is 0 Å². The number of ketones is 1. The highest BCUT2D eigenvalue weighted by molar-refractivity contribution is 7.12. The number of amides is 2. The van der Waals surface area contributed by atoms with Crippen LogP contribution in [-0.4, -0.2) is 50.2 Å². The summed E-state index contributed by atoms with van der Waals surface area (Å²) < 4.78 is 1.92. The molecule has 1 aliphatic rings. The van der Waals surface area contributed by atoms with E-state index in [1.54, 1.807) is 6.07 Å². The van der Waals surface area contributed by atoms with Crippen molar-refractivity contribution in [2.75, 3.05) is 13.1 Å². The molecule has 9 heteroatoms. The number of carbonyl (C=O) groups is 3. The second-order valence-corrected chi connectivity index (χ2v) is 8.18. The molecular formula is C21H23N5O3S. The third-order valence-electron chi connectivity index (χ3n) is 5.25. The summed E-state index contributed by atoms with van der Waals surface area (Å²) in [6.45, 7) is 0.934. The quantitative estimate of drug-likeness (QED) is 0.560. The number of pyridine rings is 1. The normalized spacial score (nSPS) is 16.1. The number of aromatic nitrogens is 3. The molecule has 0 aliphatic carbocycles. The highest BCUT2D eigenvalue weighted by Gasteiger charge is 2.32. The van der Waals surface area contributed by atoms with Crippen LogP contribution >= 0.6 is 11.3 Å². The number of carbonyl (C=O) groups excluding carboxylic acids is 3. The lowest BCUT2D eigenvalue weighted by Gasteiger charge is -2.23. The van der Waals surface area contributed by atoms with E-state index in [1.165, 1.54) is 11.3 Å². The summed E-state index contributed by atoms with van der Waals surface area (Å²) in [5.41, 5.74) is 0.760. The van der Waals surface area contributed by atoms with Gasteiger partial charge in [-0.2, -0.15) is 0 Å². The Bertz CT molecular complexity index is 1050. The van der Waals surface area contributed by atoms with Crippen LogP contribution in [0, 0.1) is 0 Å². The van der Waals surface area contributed by atoms with Crippen molar-refractivity contribution in [3.05, 3.63) is 52.6 Å². The zero-order valence-corrected chi connectivity index (χ0v) is 17.3. The Labute approximate surface area is 177 Å². The molecule has 1 atom stereocenters. The van der Waals surface area contributed by atoms with Gasteiger partial charge < -0.3 is 10.2 Å². The number of hydrogen-bond donors (Lipinski definition) is 1. The molecule has 1 fully saturated rings. The first kappa shape index (κ1) is 20.2. The van der Waals surface area contributed by atoms with Crippen molar-refractivity contribution in [1.29, 1.82) is 0 Å². The number of likely N-dealkylation sites (tertiary alicyclic amines) is 1. The molecule has 1 aliphatic heterocycles. The summed E-state index contributed by atoms with van der Waals surface area (Å²) in [4.78, 5) is 39.2. The third-order valence-corrected chi connectivity index (χ3v) is 6.16. The van der Waals surface area contributed by atoms with Gasteiger partial charge in [-0.3, -0.25) is 18.8 Å². The second-order valence-electron chi connectivity index (χ2n) is 7.23. The van der Waals surface area contributed by atoms with E-state index in [0.29, 0.717) is 11.4 Å². The Morgan fingerprint density at radius 2 is 2.00 bits per heavy atom. The van der Waals surface area contributed by atoms with Gasteiger partial charge in [0.15, 0.2) is 17.3 Å². The molecule has 0 aromatic carbocycles. The molecule has 156 valence electrons. The minimum atomic E-state index is -0.214. The average molecular weight is 426 g/mol. The lowest BCUT2D eigenvalue weighted by Crippen LogP contribution is -2.35. The number of nitrogens with zero attached hydrogens (tertiary/aromatic N) is 4. The van der Waals surface area contributed by atoms with Crippen LogP contribution in [0.1, 0.15) is 53.6 Å². The minimum absolute atomic E-state index is 0.0138. The molecule has 3 aromatic heterocycles. The smallest absolute Gasteiger partial charge is 0.224 e. The van der Waals surface area contributed by atoms with Crippen molar-refractivity contribution >= 4 is 34.6 Å². The summed E-state index contributed by atoms with van der Waals surface area (Å²) in [6, 6.07) is 9.18. The maximum Gasteiger partial charge on any atom is 0.224 e. The first-order chi connectivity index (χ1) is 14.6. The first-order valence-corrected chi connectivity index (χ1v) is 10.9. The van der Waals surface area contributed by atoms with Crippen LogP contribution in [0.4, 0.5) is 0 Å². The SMILES string of the molecule is O=C(CCC(=O)c1cccs1)NCCC(=O)N1CCCC1c1nnc2ccccn12. The molecule has 4 heterocycles. The molecule has 4 rings (SSSR count). The Hall–Kier alpha value is -3.07. The Kier molecular flexibility index (Phi) is 6.18. The zero-order valence-electron chi connectivity index (χ0n) is 16.5. The maximum absolute atomic E-state index is 12.8. The number of rotatable bonds is 8. The van der Waals surface area contributed by atoms with Crippen molar-refractivity contribution in [3.63, 3.8) is 0 Å². The number of thiophene rings is 1. The maximum atomic E-state index is 12.8. The van der Waals surface area contributed by atoms with Gasteiger partial charge >= 0.3 is 0 Å². The van der Waals surface area contributed by atoms with Gasteiger partial charge in [-0.25, -0.2) is 0 Å². The van der Waals surface area contributed by atoms with Crippen LogP contribution in [0.2, 0.25) is 0 Å². The molecule has 30 heavy (non-hydrogen) atoms. The van der Waals surface area contributed by atoms with E-state index < -0.39 is 0 Å². The predicted octanol–water partition coefficient (Wildman–Crippen LogP) is 2.62. The fourth-order valence-electron chi connectivity index (χ4n) is 3.75. The molecular weight excluding hydrogens is 402 g/mol. The van der Waals surface area contributed by atoms with Crippen molar-refractivity contribution in [2.45, 2.75) is 38.1 Å². The zero-order chi connectivity index (χ0) is 20.9. The summed E-state index contributed by atoms with van der Waals surface area (Å²) >= 11 is 1.38. The number of hydrogen-bond acceptors (Lipinski definition) is 6. The van der Waals surface area contributed by atoms with E-state index in [4.69, 9.17) is 0 Å². The molecule has 3 aromatic rings. The van der Waals surface area contributed by atoms with E-state index in [1.807, 2.05) is 45.1 Å². The molecule has 1 N–H and O–H groups in total. The summed E-state index contributed by atoms with van der Waals surface area (Å²) in [7, 11) is 0. The van der Waals surface area contributed by atoms with Crippen LogP contribution in [0.3, 0.4) is 0 Å². The lowest BCUT2D eigenvalue weighted by molar-refractivity contribution is -0.132. The number of nitrogens with one attached hydrogen (secondary N) is 1. The van der Waals surface area contributed by atoms with E-state index in [9.17, 15) is 14.4 Å². The van der Waals surface area contributed by atoms with Gasteiger partial charge in [-0.1, -0.05) is 12.1 Å². The monoisotopic (exact) mass is 425 g/mol. The van der Waals surface area contributed by atoms with E-state index in [2.05, 4.69) is 15.5 Å². The molecule has 8 nitrogen and oxygen atoms in total. The van der Waals surface area contributed by atoms with Crippen LogP contribution < -0.4 is 5.32 Å². The third kappa shape index (κ3) is 4.40.